The summed E-state index contributed by atoms with van der Waals surface area (Å²) in [6, 6.07) is 17.1. The van der Waals surface area contributed by atoms with Crippen LogP contribution < -0.4 is 15.0 Å². The van der Waals surface area contributed by atoms with Gasteiger partial charge in [-0.25, -0.2) is 14.8 Å². The fraction of sp³-hybridized carbons (Fsp3) is 0.258. The van der Waals surface area contributed by atoms with Gasteiger partial charge in [-0.1, -0.05) is 30.0 Å². The first-order valence-electron chi connectivity index (χ1n) is 13.6. The van der Waals surface area contributed by atoms with E-state index < -0.39 is 5.60 Å². The summed E-state index contributed by atoms with van der Waals surface area (Å²) in [6.07, 6.45) is 4.55. The van der Waals surface area contributed by atoms with Gasteiger partial charge in [-0.3, -0.25) is 9.78 Å². The van der Waals surface area contributed by atoms with Gasteiger partial charge in [0.1, 0.15) is 17.0 Å². The number of rotatable bonds is 4. The molecule has 11 heteroatoms. The van der Waals surface area contributed by atoms with Crippen molar-refractivity contribution < 1.29 is 19.1 Å². The van der Waals surface area contributed by atoms with Crippen LogP contribution in [0.1, 0.15) is 31.3 Å². The van der Waals surface area contributed by atoms with Crippen LogP contribution in [0.3, 0.4) is 0 Å². The average molecular weight is 583 g/mol. The van der Waals surface area contributed by atoms with Crippen LogP contribution in [0.15, 0.2) is 83.0 Å². The predicted octanol–water partition coefficient (Wildman–Crippen LogP) is 6.10. The van der Waals surface area contributed by atoms with E-state index in [2.05, 4.69) is 25.2 Å². The summed E-state index contributed by atoms with van der Waals surface area (Å²) in [5.74, 6) is 1.45. The Morgan fingerprint density at radius 3 is 2.55 bits per heavy atom. The summed E-state index contributed by atoms with van der Waals surface area (Å²) in [6.45, 7) is 7.75. The number of ether oxygens (including phenoxy) is 2. The van der Waals surface area contributed by atoms with Crippen LogP contribution in [-0.2, 0) is 4.74 Å². The second-order valence-electron chi connectivity index (χ2n) is 10.9. The minimum atomic E-state index is -0.547. The minimum Gasteiger partial charge on any atom is -0.454 e. The maximum Gasteiger partial charge on any atom is 0.410 e. The molecule has 2 aliphatic heterocycles. The average Bonchev–Trinajstić information content (AvgIpc) is 2.99. The summed E-state index contributed by atoms with van der Waals surface area (Å²) in [4.78, 5) is 45.0. The number of hydrogen-bond donors (Lipinski definition) is 1. The Labute approximate surface area is 248 Å². The second kappa shape index (κ2) is 11.3. The number of nitrogens with one attached hydrogen (secondary N) is 1. The second-order valence-corrected chi connectivity index (χ2v) is 11.9. The molecule has 2 aliphatic rings. The summed E-state index contributed by atoms with van der Waals surface area (Å²) in [5.41, 5.74) is 1.74. The van der Waals surface area contributed by atoms with Crippen LogP contribution in [0.25, 0.3) is 11.4 Å². The third kappa shape index (κ3) is 5.87. The quantitative estimate of drug-likeness (QED) is 0.269. The van der Waals surface area contributed by atoms with Crippen molar-refractivity contribution in [2.75, 3.05) is 36.4 Å². The number of nitrogens with zero attached hydrogens (tertiary/aromatic N) is 5. The Kier molecular flexibility index (Phi) is 7.42. The lowest BCUT2D eigenvalue weighted by Gasteiger charge is -2.37. The molecule has 42 heavy (non-hydrogen) atoms. The zero-order valence-corrected chi connectivity index (χ0v) is 24.4. The van der Waals surface area contributed by atoms with E-state index in [1.54, 1.807) is 41.3 Å². The molecule has 0 radical (unpaired) electrons. The Hall–Kier alpha value is -4.64. The molecular weight excluding hydrogens is 552 g/mol. The van der Waals surface area contributed by atoms with Crippen LogP contribution in [0.4, 0.5) is 16.2 Å². The molecule has 4 aromatic rings. The molecule has 1 N–H and O–H groups in total. The SMILES string of the molecule is CC(C)(C)OC(=O)N1CCN(c2ccncc2NC(=O)c2ccnc(-c3cccc4c3Oc3ccccc3S4)n2)CC1. The van der Waals surface area contributed by atoms with Gasteiger partial charge in [-0.2, -0.15) is 0 Å². The topological polar surface area (TPSA) is 110 Å². The number of amides is 2. The van der Waals surface area contributed by atoms with Crippen molar-refractivity contribution in [3.05, 3.63) is 78.9 Å². The number of fused-ring (bicyclic) bond motifs is 2. The van der Waals surface area contributed by atoms with Crippen molar-refractivity contribution in [1.82, 2.24) is 19.9 Å². The highest BCUT2D eigenvalue weighted by molar-refractivity contribution is 7.99. The molecular formula is C31H30N6O4S. The molecule has 2 aromatic heterocycles. The van der Waals surface area contributed by atoms with Gasteiger partial charge in [0.05, 0.1) is 32.9 Å². The maximum atomic E-state index is 13.4. The summed E-state index contributed by atoms with van der Waals surface area (Å²) in [5, 5.41) is 2.97. The Bertz CT molecular complexity index is 1650. The number of benzene rings is 2. The van der Waals surface area contributed by atoms with E-state index in [1.165, 1.54) is 0 Å². The zero-order chi connectivity index (χ0) is 29.3. The Morgan fingerprint density at radius 1 is 0.952 bits per heavy atom. The molecule has 2 aromatic carbocycles. The standard InChI is InChI=1S/C31H30N6O4S/c1-31(2,3)41-30(39)37-17-15-36(16-18-37)23-12-13-32-19-22(23)35-29(38)21-11-14-33-28(34-21)20-7-6-10-26-27(20)40-24-8-4-5-9-25(24)42-26/h4-14,19H,15-18H2,1-3H3,(H,35,38). The lowest BCUT2D eigenvalue weighted by Crippen LogP contribution is -2.50. The Balaban J connectivity index is 1.18. The number of aromatic nitrogens is 3. The van der Waals surface area contributed by atoms with Gasteiger partial charge in [-0.05, 0) is 57.2 Å². The van der Waals surface area contributed by atoms with Gasteiger partial charge >= 0.3 is 6.09 Å². The number of piperazine rings is 1. The summed E-state index contributed by atoms with van der Waals surface area (Å²) < 4.78 is 11.8. The number of para-hydroxylation sites is 2. The fourth-order valence-corrected chi connectivity index (χ4v) is 5.73. The van der Waals surface area contributed by atoms with Crippen LogP contribution >= 0.6 is 11.8 Å². The molecule has 0 unspecified atom stereocenters. The molecule has 0 bridgehead atoms. The predicted molar refractivity (Wildman–Crippen MR) is 160 cm³/mol. The van der Waals surface area contributed by atoms with Gasteiger partial charge in [0.15, 0.2) is 11.6 Å². The molecule has 10 nitrogen and oxygen atoms in total. The number of carbonyl (C=O) groups is 2. The molecule has 1 fully saturated rings. The molecule has 0 spiro atoms. The van der Waals surface area contributed by atoms with E-state index in [4.69, 9.17) is 9.47 Å². The van der Waals surface area contributed by atoms with E-state index in [0.717, 1.165) is 21.2 Å². The Morgan fingerprint density at radius 2 is 1.74 bits per heavy atom. The maximum absolute atomic E-state index is 13.4. The molecule has 1 saturated heterocycles. The first-order chi connectivity index (χ1) is 20.2. The molecule has 214 valence electrons. The van der Waals surface area contributed by atoms with Crippen molar-refractivity contribution in [2.45, 2.75) is 36.2 Å². The largest absolute Gasteiger partial charge is 0.454 e. The van der Waals surface area contributed by atoms with E-state index in [9.17, 15) is 9.59 Å². The minimum absolute atomic E-state index is 0.214. The third-order valence-corrected chi connectivity index (χ3v) is 7.81. The van der Waals surface area contributed by atoms with E-state index in [-0.39, 0.29) is 17.7 Å². The fourth-order valence-electron chi connectivity index (χ4n) is 4.74. The highest BCUT2D eigenvalue weighted by Crippen LogP contribution is 2.50. The van der Waals surface area contributed by atoms with Gasteiger partial charge < -0.3 is 24.6 Å². The smallest absolute Gasteiger partial charge is 0.410 e. The van der Waals surface area contributed by atoms with E-state index in [1.807, 2.05) is 69.3 Å². The lowest BCUT2D eigenvalue weighted by atomic mass is 10.1. The zero-order valence-electron chi connectivity index (χ0n) is 23.5. The molecule has 2 amide bonds. The van der Waals surface area contributed by atoms with E-state index in [0.29, 0.717) is 49.0 Å². The van der Waals surface area contributed by atoms with Crippen molar-refractivity contribution in [3.8, 4) is 22.9 Å². The van der Waals surface area contributed by atoms with Gasteiger partial charge in [0, 0.05) is 38.6 Å². The summed E-state index contributed by atoms with van der Waals surface area (Å²) in [7, 11) is 0. The summed E-state index contributed by atoms with van der Waals surface area (Å²) >= 11 is 1.62. The molecule has 0 saturated carbocycles. The van der Waals surface area contributed by atoms with Gasteiger partial charge in [-0.15, -0.1) is 0 Å². The number of carbonyl (C=O) groups excluding carboxylic acids is 2. The van der Waals surface area contributed by atoms with Crippen LogP contribution in [0.2, 0.25) is 0 Å². The van der Waals surface area contributed by atoms with Crippen LogP contribution in [0.5, 0.6) is 11.5 Å². The molecule has 4 heterocycles. The van der Waals surface area contributed by atoms with Crippen molar-refractivity contribution in [1.29, 1.82) is 0 Å². The van der Waals surface area contributed by atoms with Gasteiger partial charge in [0.2, 0.25) is 0 Å². The van der Waals surface area contributed by atoms with Gasteiger partial charge in [0.25, 0.3) is 5.91 Å². The molecule has 6 rings (SSSR count). The normalized spacial score (nSPS) is 14.4. The number of anilines is 2. The highest BCUT2D eigenvalue weighted by Gasteiger charge is 2.27. The first kappa shape index (κ1) is 27.5. The van der Waals surface area contributed by atoms with Crippen molar-refractivity contribution >= 4 is 35.1 Å². The van der Waals surface area contributed by atoms with E-state index >= 15 is 0 Å². The first-order valence-corrected chi connectivity index (χ1v) is 14.5. The number of hydrogen-bond acceptors (Lipinski definition) is 9. The molecule has 0 aliphatic carbocycles. The monoisotopic (exact) mass is 582 g/mol. The number of pyridine rings is 1. The lowest BCUT2D eigenvalue weighted by molar-refractivity contribution is 0.0240. The molecule has 0 atom stereocenters. The van der Waals surface area contributed by atoms with Crippen molar-refractivity contribution in [2.24, 2.45) is 0 Å². The van der Waals surface area contributed by atoms with Crippen LogP contribution in [-0.4, -0.2) is 63.6 Å². The van der Waals surface area contributed by atoms with Crippen LogP contribution in [0, 0.1) is 0 Å². The van der Waals surface area contributed by atoms with Crippen molar-refractivity contribution in [3.63, 3.8) is 0 Å². The third-order valence-electron chi connectivity index (χ3n) is 6.71. The highest BCUT2D eigenvalue weighted by atomic mass is 32.2.